The van der Waals surface area contributed by atoms with Gasteiger partial charge >= 0.3 is 0 Å². The smallest absolute Gasteiger partial charge is 0.103 e. The highest BCUT2D eigenvalue weighted by Gasteiger charge is 2.24. The van der Waals surface area contributed by atoms with Crippen molar-refractivity contribution in [3.8, 4) is 11.3 Å². The summed E-state index contributed by atoms with van der Waals surface area (Å²) in [4.78, 5) is 1.27. The monoisotopic (exact) mass is 259 g/mol. The van der Waals surface area contributed by atoms with Crippen LogP contribution >= 0.6 is 23.1 Å². The molecule has 0 radical (unpaired) electrons. The lowest BCUT2D eigenvalue weighted by Crippen LogP contribution is -2.00. The van der Waals surface area contributed by atoms with Gasteiger partial charge in [0.2, 0.25) is 0 Å². The van der Waals surface area contributed by atoms with Crippen LogP contribution in [0.5, 0.6) is 0 Å². The summed E-state index contributed by atoms with van der Waals surface area (Å²) >= 11 is 3.58. The Morgan fingerprint density at radius 1 is 1.29 bits per heavy atom. The van der Waals surface area contributed by atoms with Crippen LogP contribution in [0.15, 0.2) is 32.7 Å². The van der Waals surface area contributed by atoms with E-state index in [0.717, 1.165) is 11.2 Å². The number of aromatic nitrogens is 2. The lowest BCUT2D eigenvalue weighted by Gasteiger charge is -2.14. The minimum atomic E-state index is 0.573. The second kappa shape index (κ2) is 3.35. The van der Waals surface area contributed by atoms with Gasteiger partial charge in [0.05, 0.1) is 9.73 Å². The van der Waals surface area contributed by atoms with E-state index in [0.29, 0.717) is 6.54 Å². The average molecular weight is 259 g/mol. The number of fused-ring (bicyclic) bond motifs is 2. The third kappa shape index (κ3) is 1.19. The summed E-state index contributed by atoms with van der Waals surface area (Å²) in [6, 6.07) is 6.29. The molecule has 1 aliphatic heterocycles. The molecule has 3 nitrogen and oxygen atoms in total. The third-order valence-electron chi connectivity index (χ3n) is 3.06. The number of aromatic amines is 1. The number of hydrogen-bond acceptors (Lipinski definition) is 4. The van der Waals surface area contributed by atoms with Crippen molar-refractivity contribution < 1.29 is 0 Å². The highest BCUT2D eigenvalue weighted by atomic mass is 32.2. The summed E-state index contributed by atoms with van der Waals surface area (Å²) in [5.41, 5.74) is 10.4. The van der Waals surface area contributed by atoms with Crippen molar-refractivity contribution in [2.24, 2.45) is 5.73 Å². The predicted molar refractivity (Wildman–Crippen MR) is 71.4 cm³/mol. The molecular weight excluding hydrogens is 250 g/mol. The van der Waals surface area contributed by atoms with Gasteiger partial charge in [-0.3, -0.25) is 5.10 Å². The molecule has 1 aliphatic rings. The number of nitrogens with zero attached hydrogens (tertiary/aromatic N) is 1. The van der Waals surface area contributed by atoms with E-state index in [1.54, 1.807) is 11.3 Å². The molecule has 0 atom stereocenters. The first-order chi connectivity index (χ1) is 8.38. The number of benzene rings is 1. The second-order valence-corrected chi connectivity index (χ2v) is 6.17. The van der Waals surface area contributed by atoms with E-state index in [1.807, 2.05) is 11.8 Å². The Labute approximate surface area is 106 Å². The predicted octanol–water partition coefficient (Wildman–Crippen LogP) is 3.21. The van der Waals surface area contributed by atoms with E-state index in [2.05, 4.69) is 33.8 Å². The van der Waals surface area contributed by atoms with Gasteiger partial charge in [0.25, 0.3) is 0 Å². The molecule has 0 unspecified atom stereocenters. The molecule has 4 rings (SSSR count). The van der Waals surface area contributed by atoms with Gasteiger partial charge in [-0.1, -0.05) is 17.8 Å². The van der Waals surface area contributed by atoms with Crippen molar-refractivity contribution >= 4 is 34.0 Å². The SMILES string of the molecule is NCc1ccc2[nH]nc3c2c1Sc1sccc1-3. The molecule has 0 bridgehead atoms. The van der Waals surface area contributed by atoms with Gasteiger partial charge in [-0.2, -0.15) is 5.10 Å². The summed E-state index contributed by atoms with van der Waals surface area (Å²) in [7, 11) is 0. The maximum absolute atomic E-state index is 5.81. The molecule has 0 saturated heterocycles. The molecule has 3 aromatic rings. The molecule has 84 valence electrons. The lowest BCUT2D eigenvalue weighted by molar-refractivity contribution is 1.04. The number of nitrogens with two attached hydrogens (primary N) is 1. The number of nitrogens with one attached hydrogen (secondary N) is 1. The van der Waals surface area contributed by atoms with Crippen molar-refractivity contribution in [1.29, 1.82) is 0 Å². The van der Waals surface area contributed by atoms with Crippen LogP contribution in [0.2, 0.25) is 0 Å². The number of rotatable bonds is 1. The fourth-order valence-electron chi connectivity index (χ4n) is 2.24. The van der Waals surface area contributed by atoms with Crippen LogP contribution < -0.4 is 5.73 Å². The van der Waals surface area contributed by atoms with Crippen LogP contribution in [0, 0.1) is 0 Å². The van der Waals surface area contributed by atoms with E-state index in [1.165, 1.54) is 25.6 Å². The summed E-state index contributed by atoms with van der Waals surface area (Å²) in [5, 5.41) is 10.9. The van der Waals surface area contributed by atoms with Gasteiger partial charge in [0, 0.05) is 22.4 Å². The average Bonchev–Trinajstić information content (AvgIpc) is 2.96. The van der Waals surface area contributed by atoms with E-state index in [-0.39, 0.29) is 0 Å². The molecule has 3 heterocycles. The molecule has 0 aliphatic carbocycles. The van der Waals surface area contributed by atoms with Gasteiger partial charge < -0.3 is 5.73 Å². The van der Waals surface area contributed by atoms with E-state index in [4.69, 9.17) is 5.73 Å². The summed E-state index contributed by atoms with van der Waals surface area (Å²) in [5.74, 6) is 0. The number of H-pyrrole nitrogens is 1. The first-order valence-corrected chi connectivity index (χ1v) is 7.04. The maximum atomic E-state index is 5.81. The van der Waals surface area contributed by atoms with Crippen LogP contribution in [-0.2, 0) is 6.54 Å². The van der Waals surface area contributed by atoms with Crippen LogP contribution in [-0.4, -0.2) is 10.2 Å². The Hall–Kier alpha value is -1.30. The standard InChI is InChI=1S/C12H9N3S2/c13-5-6-1-2-8-9-10(15-14-8)7-3-4-16-12(7)17-11(6)9/h1-4H,5,13H2,(H,14,15). The quantitative estimate of drug-likeness (QED) is 0.552. The lowest BCUT2D eigenvalue weighted by atomic mass is 10.1. The molecule has 0 fully saturated rings. The Morgan fingerprint density at radius 2 is 2.24 bits per heavy atom. The second-order valence-electron chi connectivity index (χ2n) is 3.98. The van der Waals surface area contributed by atoms with Crippen LogP contribution in [0.1, 0.15) is 5.56 Å². The van der Waals surface area contributed by atoms with Crippen molar-refractivity contribution in [2.75, 3.05) is 0 Å². The number of thiophene rings is 1. The highest BCUT2D eigenvalue weighted by Crippen LogP contribution is 2.50. The first kappa shape index (κ1) is 9.70. The highest BCUT2D eigenvalue weighted by molar-refractivity contribution is 8.01. The zero-order valence-corrected chi connectivity index (χ0v) is 10.5. The Balaban J connectivity index is 2.18. The third-order valence-corrected chi connectivity index (χ3v) is 5.38. The molecule has 0 amide bonds. The van der Waals surface area contributed by atoms with Crippen molar-refractivity contribution in [3.05, 3.63) is 29.1 Å². The summed E-state index contributed by atoms with van der Waals surface area (Å²) in [6.45, 7) is 0.573. The van der Waals surface area contributed by atoms with Crippen LogP contribution in [0.25, 0.3) is 22.2 Å². The van der Waals surface area contributed by atoms with Crippen molar-refractivity contribution in [2.45, 2.75) is 15.6 Å². The zero-order valence-electron chi connectivity index (χ0n) is 8.86. The summed E-state index contributed by atoms with van der Waals surface area (Å²) < 4.78 is 1.31. The van der Waals surface area contributed by atoms with Gasteiger partial charge in [0.1, 0.15) is 5.69 Å². The summed E-state index contributed by atoms with van der Waals surface area (Å²) in [6.07, 6.45) is 0. The van der Waals surface area contributed by atoms with Gasteiger partial charge in [0.15, 0.2) is 0 Å². The van der Waals surface area contributed by atoms with Crippen molar-refractivity contribution in [1.82, 2.24) is 10.2 Å². The van der Waals surface area contributed by atoms with Crippen molar-refractivity contribution in [3.63, 3.8) is 0 Å². The molecule has 1 aromatic carbocycles. The Bertz CT molecular complexity index is 727. The molecule has 2 aromatic heterocycles. The molecule has 0 saturated carbocycles. The molecule has 0 spiro atoms. The minimum absolute atomic E-state index is 0.573. The van der Waals surface area contributed by atoms with E-state index >= 15 is 0 Å². The van der Waals surface area contributed by atoms with Gasteiger partial charge in [-0.05, 0) is 23.1 Å². The molecule has 3 N–H and O–H groups in total. The molecule has 17 heavy (non-hydrogen) atoms. The van der Waals surface area contributed by atoms with Crippen LogP contribution in [0.3, 0.4) is 0 Å². The van der Waals surface area contributed by atoms with Crippen LogP contribution in [0.4, 0.5) is 0 Å². The van der Waals surface area contributed by atoms with E-state index < -0.39 is 0 Å². The largest absolute Gasteiger partial charge is 0.326 e. The normalized spacial score (nSPS) is 13.0. The maximum Gasteiger partial charge on any atom is 0.103 e. The molecular formula is C12H9N3S2. The fraction of sp³-hybridized carbons (Fsp3) is 0.0833. The first-order valence-electron chi connectivity index (χ1n) is 5.34. The molecule has 5 heteroatoms. The minimum Gasteiger partial charge on any atom is -0.326 e. The van der Waals surface area contributed by atoms with Gasteiger partial charge in [-0.15, -0.1) is 11.3 Å². The van der Waals surface area contributed by atoms with E-state index in [9.17, 15) is 0 Å². The topological polar surface area (TPSA) is 54.7 Å². The van der Waals surface area contributed by atoms with Gasteiger partial charge in [-0.25, -0.2) is 0 Å². The fourth-order valence-corrected chi connectivity index (χ4v) is 4.52. The Morgan fingerprint density at radius 3 is 3.12 bits per heavy atom. The number of hydrogen-bond donors (Lipinski definition) is 2. The Kier molecular flexibility index (Phi) is 1.91. The zero-order chi connectivity index (χ0) is 11.4.